The number of nitrogens with zero attached hydrogens (tertiary/aromatic N) is 1. The van der Waals surface area contributed by atoms with Gasteiger partial charge in [-0.05, 0) is 47.5 Å². The third kappa shape index (κ3) is 3.51. The number of hydrogen-bond donors (Lipinski definition) is 0. The van der Waals surface area contributed by atoms with Crippen molar-refractivity contribution >= 4 is 0 Å². The lowest BCUT2D eigenvalue weighted by Gasteiger charge is -2.21. The average Bonchev–Trinajstić information content (AvgIpc) is 2.61. The minimum absolute atomic E-state index is 0.266. The quantitative estimate of drug-likeness (QED) is 0.525. The van der Waals surface area contributed by atoms with Crippen LogP contribution in [0.5, 0.6) is 0 Å². The van der Waals surface area contributed by atoms with Gasteiger partial charge in [-0.2, -0.15) is 0 Å². The average molecular weight is 334 g/mol. The third-order valence-electron chi connectivity index (χ3n) is 4.70. The van der Waals surface area contributed by atoms with E-state index in [1.807, 2.05) is 29.8 Å². The first-order valence-corrected chi connectivity index (χ1v) is 8.69. The molecule has 0 atom stereocenters. The van der Waals surface area contributed by atoms with Gasteiger partial charge >= 0.3 is 0 Å². The lowest BCUT2D eigenvalue weighted by atomic mass is 9.83. The molecule has 0 amide bonds. The zero-order valence-corrected chi connectivity index (χ0v) is 15.7. The van der Waals surface area contributed by atoms with Gasteiger partial charge in [0, 0.05) is 21.3 Å². The third-order valence-corrected chi connectivity index (χ3v) is 4.70. The van der Waals surface area contributed by atoms with Gasteiger partial charge in [0.2, 0.25) is 5.69 Å². The van der Waals surface area contributed by atoms with E-state index in [0.717, 1.165) is 27.9 Å². The van der Waals surface area contributed by atoms with E-state index in [9.17, 15) is 0 Å². The van der Waals surface area contributed by atoms with E-state index in [0.29, 0.717) is 5.56 Å². The standard InChI is InChI=1S/C24H28N/c1-17-12-13-20(19-10-8-7-9-11-19)14-21(17)23-15-22(24(3,4)5)18(2)16-25(23)6/h7-16H,1-6H3/q+1/i2D3. The highest BCUT2D eigenvalue weighted by atomic mass is 14.9. The molecule has 0 bridgehead atoms. The highest BCUT2D eigenvalue weighted by Gasteiger charge is 2.23. The monoisotopic (exact) mass is 333 g/mol. The Hall–Kier alpha value is -2.41. The molecule has 3 aromatic rings. The Kier molecular flexibility index (Phi) is 3.58. The second kappa shape index (κ2) is 6.48. The minimum Gasteiger partial charge on any atom is -0.201 e. The van der Waals surface area contributed by atoms with Crippen molar-refractivity contribution < 1.29 is 8.68 Å². The molecule has 0 saturated heterocycles. The normalized spacial score (nSPS) is 13.9. The van der Waals surface area contributed by atoms with Crippen LogP contribution in [0.3, 0.4) is 0 Å². The number of aryl methyl sites for hydroxylation is 3. The number of rotatable bonds is 2. The Morgan fingerprint density at radius 1 is 0.880 bits per heavy atom. The maximum Gasteiger partial charge on any atom is 0.212 e. The first kappa shape index (κ1) is 13.8. The van der Waals surface area contributed by atoms with Crippen LogP contribution in [0.15, 0.2) is 60.8 Å². The molecule has 25 heavy (non-hydrogen) atoms. The summed E-state index contributed by atoms with van der Waals surface area (Å²) in [5, 5.41) is 0. The maximum absolute atomic E-state index is 7.97. The van der Waals surface area contributed by atoms with Gasteiger partial charge in [0.1, 0.15) is 7.05 Å². The number of hydrogen-bond acceptors (Lipinski definition) is 0. The molecule has 0 saturated carbocycles. The highest BCUT2D eigenvalue weighted by Crippen LogP contribution is 2.31. The highest BCUT2D eigenvalue weighted by molar-refractivity contribution is 5.73. The molecular formula is C24H28N+. The zero-order chi connectivity index (χ0) is 20.7. The molecule has 0 spiro atoms. The smallest absolute Gasteiger partial charge is 0.201 e. The molecule has 2 aromatic carbocycles. The van der Waals surface area contributed by atoms with Crippen molar-refractivity contribution in [3.8, 4) is 22.4 Å². The molecule has 3 rings (SSSR count). The van der Waals surface area contributed by atoms with Crippen LogP contribution in [-0.4, -0.2) is 0 Å². The summed E-state index contributed by atoms with van der Waals surface area (Å²) in [6.07, 6.45) is 1.78. The van der Waals surface area contributed by atoms with Crippen LogP contribution in [-0.2, 0) is 12.5 Å². The van der Waals surface area contributed by atoms with Crippen molar-refractivity contribution in [2.45, 2.75) is 40.0 Å². The second-order valence-electron chi connectivity index (χ2n) is 7.74. The van der Waals surface area contributed by atoms with E-state index in [-0.39, 0.29) is 5.41 Å². The maximum atomic E-state index is 7.97. The van der Waals surface area contributed by atoms with Crippen molar-refractivity contribution in [2.24, 2.45) is 7.05 Å². The van der Waals surface area contributed by atoms with Gasteiger partial charge in [0.15, 0.2) is 6.20 Å². The molecule has 1 heteroatoms. The Morgan fingerprint density at radius 3 is 2.24 bits per heavy atom. The molecule has 0 aliphatic carbocycles. The van der Waals surface area contributed by atoms with E-state index in [1.165, 1.54) is 5.56 Å². The van der Waals surface area contributed by atoms with Crippen LogP contribution in [0.2, 0.25) is 0 Å². The summed E-state index contributed by atoms with van der Waals surface area (Å²) >= 11 is 0. The molecule has 0 radical (unpaired) electrons. The van der Waals surface area contributed by atoms with Crippen LogP contribution >= 0.6 is 0 Å². The summed E-state index contributed by atoms with van der Waals surface area (Å²) < 4.78 is 25.9. The molecule has 0 fully saturated rings. The van der Waals surface area contributed by atoms with Crippen molar-refractivity contribution in [1.82, 2.24) is 0 Å². The number of aromatic nitrogens is 1. The fraction of sp³-hybridized carbons (Fsp3) is 0.292. The number of benzene rings is 2. The molecule has 1 aromatic heterocycles. The zero-order valence-electron chi connectivity index (χ0n) is 18.7. The van der Waals surface area contributed by atoms with Crippen LogP contribution in [0.1, 0.15) is 41.6 Å². The lowest BCUT2D eigenvalue weighted by Crippen LogP contribution is -2.33. The SMILES string of the molecule is [2H]C([2H])([2H])c1c[n+](C)c(-c2cc(-c3ccccc3)ccc2C)cc1C(C)(C)C. The van der Waals surface area contributed by atoms with Crippen molar-refractivity contribution in [3.05, 3.63) is 77.5 Å². The van der Waals surface area contributed by atoms with Crippen molar-refractivity contribution in [1.29, 1.82) is 0 Å². The Morgan fingerprint density at radius 2 is 1.60 bits per heavy atom. The molecular weight excluding hydrogens is 302 g/mol. The van der Waals surface area contributed by atoms with Crippen molar-refractivity contribution in [3.63, 3.8) is 0 Å². The Labute approximate surface area is 156 Å². The van der Waals surface area contributed by atoms with Gasteiger partial charge in [-0.1, -0.05) is 63.2 Å². The Balaban J connectivity index is 2.25. The van der Waals surface area contributed by atoms with Gasteiger partial charge < -0.3 is 0 Å². The summed E-state index contributed by atoms with van der Waals surface area (Å²) in [4.78, 5) is 0. The first-order chi connectivity index (χ1) is 13.0. The van der Waals surface area contributed by atoms with Gasteiger partial charge in [0.05, 0.1) is 0 Å². The fourth-order valence-electron chi connectivity index (χ4n) is 3.25. The van der Waals surface area contributed by atoms with Gasteiger partial charge in [-0.15, -0.1) is 0 Å². The van der Waals surface area contributed by atoms with E-state index < -0.39 is 6.85 Å². The predicted octanol–water partition coefficient (Wildman–Crippen LogP) is 5.76. The van der Waals surface area contributed by atoms with Crippen LogP contribution in [0.4, 0.5) is 0 Å². The predicted molar refractivity (Wildman–Crippen MR) is 107 cm³/mol. The first-order valence-electron chi connectivity index (χ1n) is 10.2. The van der Waals surface area contributed by atoms with Gasteiger partial charge in [0.25, 0.3) is 0 Å². The van der Waals surface area contributed by atoms with Crippen LogP contribution < -0.4 is 4.57 Å². The largest absolute Gasteiger partial charge is 0.212 e. The summed E-state index contributed by atoms with van der Waals surface area (Å²) in [5.41, 5.74) is 6.64. The number of pyridine rings is 1. The van der Waals surface area contributed by atoms with Gasteiger partial charge in [-0.25, -0.2) is 4.57 Å². The fourth-order valence-corrected chi connectivity index (χ4v) is 3.25. The summed E-state index contributed by atoms with van der Waals surface area (Å²) in [5.74, 6) is 0. The molecule has 0 aliphatic rings. The Bertz CT molecular complexity index is 997. The summed E-state index contributed by atoms with van der Waals surface area (Å²) in [7, 11) is 1.92. The van der Waals surface area contributed by atoms with E-state index >= 15 is 0 Å². The van der Waals surface area contributed by atoms with Gasteiger partial charge in [-0.3, -0.25) is 0 Å². The molecule has 128 valence electrons. The van der Waals surface area contributed by atoms with Crippen LogP contribution in [0, 0.1) is 13.8 Å². The van der Waals surface area contributed by atoms with E-state index in [2.05, 4.69) is 64.1 Å². The lowest BCUT2D eigenvalue weighted by molar-refractivity contribution is -0.660. The minimum atomic E-state index is -2.14. The molecule has 0 N–H and O–H groups in total. The summed E-state index contributed by atoms with van der Waals surface area (Å²) in [6.45, 7) is 6.15. The van der Waals surface area contributed by atoms with Crippen LogP contribution in [0.25, 0.3) is 22.4 Å². The molecule has 0 aliphatic heterocycles. The molecule has 0 unspecified atom stereocenters. The second-order valence-corrected chi connectivity index (χ2v) is 7.74. The topological polar surface area (TPSA) is 3.88 Å². The van der Waals surface area contributed by atoms with E-state index in [1.54, 1.807) is 6.20 Å². The molecule has 1 nitrogen and oxygen atoms in total. The summed E-state index contributed by atoms with van der Waals surface area (Å²) in [6, 6.07) is 18.8. The van der Waals surface area contributed by atoms with E-state index in [4.69, 9.17) is 4.11 Å². The molecule has 1 heterocycles. The van der Waals surface area contributed by atoms with Crippen molar-refractivity contribution in [2.75, 3.05) is 0 Å².